The monoisotopic (exact) mass is 279 g/mol. The van der Waals surface area contributed by atoms with E-state index in [9.17, 15) is 5.11 Å². The molecule has 0 amide bonds. The van der Waals surface area contributed by atoms with Gasteiger partial charge in [0.1, 0.15) is 0 Å². The summed E-state index contributed by atoms with van der Waals surface area (Å²) < 4.78 is 3.57. The molecule has 0 radical (unpaired) electrons. The second-order valence-electron chi connectivity index (χ2n) is 4.46. The molecule has 2 aromatic rings. The summed E-state index contributed by atoms with van der Waals surface area (Å²) in [5, 5.41) is 10.5. The minimum absolute atomic E-state index is 0.125. The van der Waals surface area contributed by atoms with E-state index in [0.717, 1.165) is 18.5 Å². The summed E-state index contributed by atoms with van der Waals surface area (Å²) in [4.78, 5) is 0. The van der Waals surface area contributed by atoms with Gasteiger partial charge in [-0.2, -0.15) is 0 Å². The van der Waals surface area contributed by atoms with Crippen LogP contribution in [0.5, 0.6) is 0 Å². The van der Waals surface area contributed by atoms with Crippen molar-refractivity contribution in [3.63, 3.8) is 0 Å². The van der Waals surface area contributed by atoms with Crippen molar-refractivity contribution >= 4 is 26.8 Å². The molecule has 0 saturated heterocycles. The lowest BCUT2D eigenvalue weighted by molar-refractivity contribution is 0.282. The van der Waals surface area contributed by atoms with Gasteiger partial charge in [0, 0.05) is 22.1 Å². The standard InChI is InChI=1S/C13H14BrNO/c1-8-12(14)11-6-9(7-16)5-10-3-2-4-15(8)13(10)11/h5-6,16H,2-4,7H2,1H3. The van der Waals surface area contributed by atoms with Crippen LogP contribution in [0.4, 0.5) is 0 Å². The molecular weight excluding hydrogens is 266 g/mol. The average molecular weight is 280 g/mol. The molecule has 1 N–H and O–H groups in total. The number of rotatable bonds is 1. The van der Waals surface area contributed by atoms with Crippen molar-refractivity contribution in [2.24, 2.45) is 0 Å². The van der Waals surface area contributed by atoms with Crippen LogP contribution in [0.25, 0.3) is 10.9 Å². The maximum Gasteiger partial charge on any atom is 0.0682 e. The van der Waals surface area contributed by atoms with E-state index in [-0.39, 0.29) is 6.61 Å². The Morgan fingerprint density at radius 3 is 3.00 bits per heavy atom. The highest BCUT2D eigenvalue weighted by Gasteiger charge is 2.19. The van der Waals surface area contributed by atoms with Crippen LogP contribution in [0.15, 0.2) is 16.6 Å². The van der Waals surface area contributed by atoms with E-state index in [0.29, 0.717) is 0 Å². The van der Waals surface area contributed by atoms with E-state index in [4.69, 9.17) is 0 Å². The summed E-state index contributed by atoms with van der Waals surface area (Å²) in [7, 11) is 0. The maximum atomic E-state index is 9.28. The topological polar surface area (TPSA) is 25.2 Å². The normalized spacial score (nSPS) is 14.7. The lowest BCUT2D eigenvalue weighted by Crippen LogP contribution is -2.09. The Morgan fingerprint density at radius 2 is 2.25 bits per heavy atom. The Labute approximate surface area is 103 Å². The van der Waals surface area contributed by atoms with Gasteiger partial charge in [0.2, 0.25) is 0 Å². The number of hydrogen-bond acceptors (Lipinski definition) is 1. The number of aryl methyl sites for hydroxylation is 2. The molecule has 1 aromatic carbocycles. The van der Waals surface area contributed by atoms with Gasteiger partial charge in [-0.15, -0.1) is 0 Å². The Balaban J connectivity index is 2.45. The number of nitrogens with zero attached hydrogens (tertiary/aromatic N) is 1. The lowest BCUT2D eigenvalue weighted by atomic mass is 10.0. The van der Waals surface area contributed by atoms with E-state index < -0.39 is 0 Å². The Hall–Kier alpha value is -0.800. The third-order valence-electron chi connectivity index (χ3n) is 3.49. The SMILES string of the molecule is Cc1c(Br)c2cc(CO)cc3c2n1CCC3. The molecular formula is C13H14BrNO. The zero-order valence-electron chi connectivity index (χ0n) is 9.26. The molecule has 0 bridgehead atoms. The molecule has 84 valence electrons. The van der Waals surface area contributed by atoms with E-state index >= 15 is 0 Å². The molecule has 0 fully saturated rings. The smallest absolute Gasteiger partial charge is 0.0682 e. The Kier molecular flexibility index (Phi) is 2.33. The molecule has 2 heterocycles. The number of aliphatic hydroxyl groups excluding tert-OH is 1. The molecule has 2 nitrogen and oxygen atoms in total. The first-order valence-electron chi connectivity index (χ1n) is 5.63. The van der Waals surface area contributed by atoms with Crippen LogP contribution in [0.1, 0.15) is 23.2 Å². The number of halogens is 1. The van der Waals surface area contributed by atoms with Crippen molar-refractivity contribution in [2.75, 3.05) is 0 Å². The van der Waals surface area contributed by atoms with Gasteiger partial charge in [-0.05, 0) is 52.9 Å². The van der Waals surface area contributed by atoms with E-state index in [2.05, 4.69) is 39.6 Å². The first-order valence-corrected chi connectivity index (χ1v) is 6.42. The predicted octanol–water partition coefficient (Wildman–Crippen LogP) is 3.15. The van der Waals surface area contributed by atoms with Gasteiger partial charge in [-0.1, -0.05) is 6.07 Å². The lowest BCUT2D eigenvalue weighted by Gasteiger charge is -2.17. The van der Waals surface area contributed by atoms with Gasteiger partial charge < -0.3 is 9.67 Å². The summed E-state index contributed by atoms with van der Waals surface area (Å²) >= 11 is 3.67. The summed E-state index contributed by atoms with van der Waals surface area (Å²) in [6.45, 7) is 3.39. The van der Waals surface area contributed by atoms with E-state index in [1.165, 1.54) is 33.1 Å². The Bertz CT molecular complexity index is 571. The van der Waals surface area contributed by atoms with Crippen LogP contribution >= 0.6 is 15.9 Å². The minimum Gasteiger partial charge on any atom is -0.392 e. The zero-order valence-corrected chi connectivity index (χ0v) is 10.8. The largest absolute Gasteiger partial charge is 0.392 e. The van der Waals surface area contributed by atoms with Crippen molar-refractivity contribution in [3.8, 4) is 0 Å². The van der Waals surface area contributed by atoms with Crippen LogP contribution in [0, 0.1) is 6.92 Å². The number of aliphatic hydroxyl groups is 1. The van der Waals surface area contributed by atoms with Crippen LogP contribution < -0.4 is 0 Å². The van der Waals surface area contributed by atoms with Gasteiger partial charge in [0.15, 0.2) is 0 Å². The Morgan fingerprint density at radius 1 is 1.44 bits per heavy atom. The molecule has 0 spiro atoms. The zero-order chi connectivity index (χ0) is 11.3. The molecule has 0 atom stereocenters. The van der Waals surface area contributed by atoms with E-state index in [1.54, 1.807) is 0 Å². The van der Waals surface area contributed by atoms with Crippen LogP contribution in [-0.4, -0.2) is 9.67 Å². The summed E-state index contributed by atoms with van der Waals surface area (Å²) in [6, 6.07) is 4.24. The number of hydrogen-bond donors (Lipinski definition) is 1. The second-order valence-corrected chi connectivity index (χ2v) is 5.26. The first kappa shape index (κ1) is 10.4. The molecule has 1 aromatic heterocycles. The van der Waals surface area contributed by atoms with Crippen molar-refractivity contribution < 1.29 is 5.11 Å². The van der Waals surface area contributed by atoms with Crippen molar-refractivity contribution in [2.45, 2.75) is 32.9 Å². The summed E-state index contributed by atoms with van der Waals surface area (Å²) in [6.07, 6.45) is 2.32. The van der Waals surface area contributed by atoms with Crippen molar-refractivity contribution in [3.05, 3.63) is 33.4 Å². The molecule has 0 saturated carbocycles. The van der Waals surface area contributed by atoms with Crippen LogP contribution in [0.2, 0.25) is 0 Å². The number of benzene rings is 1. The number of aromatic nitrogens is 1. The predicted molar refractivity (Wildman–Crippen MR) is 68.6 cm³/mol. The van der Waals surface area contributed by atoms with Gasteiger partial charge in [-0.25, -0.2) is 0 Å². The van der Waals surface area contributed by atoms with Gasteiger partial charge >= 0.3 is 0 Å². The van der Waals surface area contributed by atoms with Gasteiger partial charge in [0.25, 0.3) is 0 Å². The molecule has 3 rings (SSSR count). The molecule has 0 unspecified atom stereocenters. The highest BCUT2D eigenvalue weighted by atomic mass is 79.9. The van der Waals surface area contributed by atoms with Crippen molar-refractivity contribution in [1.82, 2.24) is 4.57 Å². The third kappa shape index (κ3) is 1.28. The van der Waals surface area contributed by atoms with Gasteiger partial charge in [-0.3, -0.25) is 0 Å². The fraction of sp³-hybridized carbons (Fsp3) is 0.385. The summed E-state index contributed by atoms with van der Waals surface area (Å²) in [5.74, 6) is 0. The van der Waals surface area contributed by atoms with Gasteiger partial charge in [0.05, 0.1) is 12.1 Å². The highest BCUT2D eigenvalue weighted by Crippen LogP contribution is 2.36. The molecule has 1 aliphatic rings. The summed E-state index contributed by atoms with van der Waals surface area (Å²) in [5.41, 5.74) is 5.04. The fourth-order valence-corrected chi connectivity index (χ4v) is 3.23. The van der Waals surface area contributed by atoms with Crippen molar-refractivity contribution in [1.29, 1.82) is 0 Å². The second kappa shape index (κ2) is 3.60. The fourth-order valence-electron chi connectivity index (χ4n) is 2.72. The quantitative estimate of drug-likeness (QED) is 0.853. The molecule has 1 aliphatic heterocycles. The van der Waals surface area contributed by atoms with Crippen LogP contribution in [-0.2, 0) is 19.6 Å². The molecule has 0 aliphatic carbocycles. The maximum absolute atomic E-state index is 9.28. The minimum atomic E-state index is 0.125. The van der Waals surface area contributed by atoms with E-state index in [1.807, 2.05) is 0 Å². The molecule has 16 heavy (non-hydrogen) atoms. The third-order valence-corrected chi connectivity index (χ3v) is 4.49. The van der Waals surface area contributed by atoms with Crippen LogP contribution in [0.3, 0.4) is 0 Å². The first-order chi connectivity index (χ1) is 7.72. The average Bonchev–Trinajstić information content (AvgIpc) is 2.56. The highest BCUT2D eigenvalue weighted by molar-refractivity contribution is 9.10. The molecule has 3 heteroatoms.